The van der Waals surface area contributed by atoms with Crippen molar-refractivity contribution >= 4 is 5.97 Å². The molecule has 0 atom stereocenters. The van der Waals surface area contributed by atoms with Gasteiger partial charge in [0.1, 0.15) is 0 Å². The summed E-state index contributed by atoms with van der Waals surface area (Å²) in [7, 11) is 0. The van der Waals surface area contributed by atoms with Crippen LogP contribution in [0, 0.1) is 12.8 Å². The van der Waals surface area contributed by atoms with E-state index in [0.29, 0.717) is 6.04 Å². The summed E-state index contributed by atoms with van der Waals surface area (Å²) in [5.41, 5.74) is 3.12. The Kier molecular flexibility index (Phi) is 5.05. The molecule has 2 aliphatic carbocycles. The molecule has 1 aromatic carbocycles. The first kappa shape index (κ1) is 16.5. The van der Waals surface area contributed by atoms with Crippen LogP contribution in [0.5, 0.6) is 0 Å². The molecule has 0 heterocycles. The van der Waals surface area contributed by atoms with Crippen molar-refractivity contribution < 1.29 is 9.90 Å². The van der Waals surface area contributed by atoms with Gasteiger partial charge in [0.05, 0.1) is 5.92 Å². The number of carbonyl (C=O) groups is 1. The fourth-order valence-corrected chi connectivity index (χ4v) is 4.48. The number of rotatable bonds is 5. The van der Waals surface area contributed by atoms with Crippen LogP contribution in [0.4, 0.5) is 0 Å². The summed E-state index contributed by atoms with van der Waals surface area (Å²) in [5, 5.41) is 12.9. The Morgan fingerprint density at radius 3 is 2.52 bits per heavy atom. The maximum absolute atomic E-state index is 11.1. The predicted octanol–water partition coefficient (Wildman–Crippen LogP) is 4.04. The van der Waals surface area contributed by atoms with Crippen molar-refractivity contribution in [3.63, 3.8) is 0 Å². The minimum Gasteiger partial charge on any atom is -0.481 e. The Morgan fingerprint density at radius 2 is 1.91 bits per heavy atom. The summed E-state index contributed by atoms with van der Waals surface area (Å²) >= 11 is 0. The summed E-state index contributed by atoms with van der Waals surface area (Å²) in [4.78, 5) is 11.1. The number of nitrogens with one attached hydrogen (secondary N) is 1. The van der Waals surface area contributed by atoms with E-state index in [0.717, 1.165) is 32.2 Å². The van der Waals surface area contributed by atoms with Crippen LogP contribution in [0.25, 0.3) is 0 Å². The van der Waals surface area contributed by atoms with E-state index in [1.54, 1.807) is 0 Å². The molecule has 0 unspecified atom stereocenters. The van der Waals surface area contributed by atoms with E-state index in [9.17, 15) is 4.79 Å². The molecule has 0 radical (unpaired) electrons. The molecule has 2 fully saturated rings. The van der Waals surface area contributed by atoms with E-state index in [4.69, 9.17) is 5.11 Å². The quantitative estimate of drug-likeness (QED) is 0.862. The van der Waals surface area contributed by atoms with Gasteiger partial charge in [-0.25, -0.2) is 0 Å². The molecule has 23 heavy (non-hydrogen) atoms. The lowest BCUT2D eigenvalue weighted by Gasteiger charge is -2.34. The first-order valence-electron chi connectivity index (χ1n) is 9.12. The van der Waals surface area contributed by atoms with E-state index in [1.165, 1.54) is 36.8 Å². The Labute approximate surface area is 139 Å². The van der Waals surface area contributed by atoms with Gasteiger partial charge in [-0.1, -0.05) is 42.7 Å². The number of carboxylic acid groups (broad SMARTS) is 1. The van der Waals surface area contributed by atoms with Gasteiger partial charge in [0.2, 0.25) is 0 Å². The van der Waals surface area contributed by atoms with Crippen LogP contribution in [-0.4, -0.2) is 23.7 Å². The monoisotopic (exact) mass is 315 g/mol. The highest BCUT2D eigenvalue weighted by Crippen LogP contribution is 2.41. The molecule has 2 N–H and O–H groups in total. The molecule has 3 nitrogen and oxygen atoms in total. The van der Waals surface area contributed by atoms with Gasteiger partial charge in [-0.2, -0.15) is 0 Å². The molecule has 0 saturated heterocycles. The van der Waals surface area contributed by atoms with Crippen molar-refractivity contribution in [3.05, 3.63) is 35.4 Å². The Morgan fingerprint density at radius 1 is 1.22 bits per heavy atom. The second-order valence-electron chi connectivity index (χ2n) is 7.62. The van der Waals surface area contributed by atoms with E-state index < -0.39 is 5.97 Å². The third-order valence-corrected chi connectivity index (χ3v) is 6.00. The standard InChI is InChI=1S/C20H29NO2/c1-15-5-4-6-17(13-15)20(11-2-3-12-20)14-21-18-9-7-16(8-10-18)19(22)23/h4-6,13,16,18,21H,2-3,7-12,14H2,1H3,(H,22,23). The summed E-state index contributed by atoms with van der Waals surface area (Å²) in [6.07, 6.45) is 8.83. The lowest BCUT2D eigenvalue weighted by molar-refractivity contribution is -0.142. The van der Waals surface area contributed by atoms with Crippen LogP contribution in [0.15, 0.2) is 24.3 Å². The second kappa shape index (κ2) is 7.04. The fourth-order valence-electron chi connectivity index (χ4n) is 4.48. The zero-order valence-corrected chi connectivity index (χ0v) is 14.2. The van der Waals surface area contributed by atoms with Crippen LogP contribution >= 0.6 is 0 Å². The van der Waals surface area contributed by atoms with Crippen molar-refractivity contribution in [2.24, 2.45) is 5.92 Å². The van der Waals surface area contributed by atoms with Gasteiger partial charge in [-0.15, -0.1) is 0 Å². The smallest absolute Gasteiger partial charge is 0.306 e. The zero-order valence-electron chi connectivity index (χ0n) is 14.2. The molecule has 0 amide bonds. The van der Waals surface area contributed by atoms with Gasteiger partial charge in [0, 0.05) is 18.0 Å². The van der Waals surface area contributed by atoms with Gasteiger partial charge >= 0.3 is 5.97 Å². The maximum Gasteiger partial charge on any atom is 0.306 e. The number of aliphatic carboxylic acids is 1. The van der Waals surface area contributed by atoms with Crippen molar-refractivity contribution in [2.75, 3.05) is 6.54 Å². The molecular weight excluding hydrogens is 286 g/mol. The fraction of sp³-hybridized carbons (Fsp3) is 0.650. The highest BCUT2D eigenvalue weighted by atomic mass is 16.4. The van der Waals surface area contributed by atoms with Crippen LogP contribution in [-0.2, 0) is 10.2 Å². The van der Waals surface area contributed by atoms with Crippen LogP contribution in [0.3, 0.4) is 0 Å². The largest absolute Gasteiger partial charge is 0.481 e. The molecule has 3 rings (SSSR count). The first-order valence-corrected chi connectivity index (χ1v) is 9.12. The average Bonchev–Trinajstić information content (AvgIpc) is 3.03. The van der Waals surface area contributed by atoms with Crippen molar-refractivity contribution in [2.45, 2.75) is 69.7 Å². The summed E-state index contributed by atoms with van der Waals surface area (Å²) < 4.78 is 0. The van der Waals surface area contributed by atoms with Crippen molar-refractivity contribution in [3.8, 4) is 0 Å². The van der Waals surface area contributed by atoms with E-state index in [-0.39, 0.29) is 11.3 Å². The molecule has 0 aliphatic heterocycles. The molecular formula is C20H29NO2. The highest BCUT2D eigenvalue weighted by Gasteiger charge is 2.36. The van der Waals surface area contributed by atoms with Gasteiger partial charge in [-0.3, -0.25) is 4.79 Å². The minimum atomic E-state index is -0.615. The third-order valence-electron chi connectivity index (χ3n) is 6.00. The summed E-state index contributed by atoms with van der Waals surface area (Å²) in [5.74, 6) is -0.735. The average molecular weight is 315 g/mol. The van der Waals surface area contributed by atoms with E-state index >= 15 is 0 Å². The van der Waals surface area contributed by atoms with Crippen molar-refractivity contribution in [1.82, 2.24) is 5.32 Å². The molecule has 1 aromatic rings. The molecule has 0 bridgehead atoms. The van der Waals surface area contributed by atoms with Gasteiger partial charge < -0.3 is 10.4 Å². The van der Waals surface area contributed by atoms with Crippen molar-refractivity contribution in [1.29, 1.82) is 0 Å². The number of hydrogen-bond acceptors (Lipinski definition) is 2. The van der Waals surface area contributed by atoms with Gasteiger partial charge in [-0.05, 0) is 51.0 Å². The number of benzene rings is 1. The zero-order chi connectivity index (χ0) is 16.3. The maximum atomic E-state index is 11.1. The Hall–Kier alpha value is -1.35. The van der Waals surface area contributed by atoms with E-state index in [1.807, 2.05) is 0 Å². The topological polar surface area (TPSA) is 49.3 Å². The lowest BCUT2D eigenvalue weighted by atomic mass is 9.77. The van der Waals surface area contributed by atoms with Gasteiger partial charge in [0.25, 0.3) is 0 Å². The predicted molar refractivity (Wildman–Crippen MR) is 92.7 cm³/mol. The summed E-state index contributed by atoms with van der Waals surface area (Å²) in [6, 6.07) is 9.50. The lowest BCUT2D eigenvalue weighted by Crippen LogP contribution is -2.43. The second-order valence-corrected chi connectivity index (χ2v) is 7.62. The number of carboxylic acids is 1. The molecule has 0 spiro atoms. The Balaban J connectivity index is 1.62. The Bertz CT molecular complexity index is 540. The molecule has 0 aromatic heterocycles. The molecule has 126 valence electrons. The number of hydrogen-bond donors (Lipinski definition) is 2. The van der Waals surface area contributed by atoms with Crippen LogP contribution < -0.4 is 5.32 Å². The molecule has 3 heteroatoms. The van der Waals surface area contributed by atoms with E-state index in [2.05, 4.69) is 36.5 Å². The SMILES string of the molecule is Cc1cccc(C2(CNC3CCC(C(=O)O)CC3)CCCC2)c1. The summed E-state index contributed by atoms with van der Waals surface area (Å²) in [6.45, 7) is 3.21. The van der Waals surface area contributed by atoms with Crippen LogP contribution in [0.2, 0.25) is 0 Å². The normalized spacial score (nSPS) is 27.0. The third kappa shape index (κ3) is 3.77. The first-order chi connectivity index (χ1) is 11.1. The molecule has 2 aliphatic rings. The van der Waals surface area contributed by atoms with Gasteiger partial charge in [0.15, 0.2) is 0 Å². The number of aryl methyl sites for hydroxylation is 1. The highest BCUT2D eigenvalue weighted by molar-refractivity contribution is 5.70. The van der Waals surface area contributed by atoms with Crippen LogP contribution in [0.1, 0.15) is 62.5 Å². The minimum absolute atomic E-state index is 0.120. The molecule has 2 saturated carbocycles.